The van der Waals surface area contributed by atoms with Crippen LogP contribution in [0.15, 0.2) is 23.0 Å². The summed E-state index contributed by atoms with van der Waals surface area (Å²) in [7, 11) is 1.56. The summed E-state index contributed by atoms with van der Waals surface area (Å²) in [5, 5.41) is 2.71. The highest BCUT2D eigenvalue weighted by Gasteiger charge is 2.13. The second kappa shape index (κ2) is 5.67. The van der Waals surface area contributed by atoms with Crippen LogP contribution < -0.4 is 5.32 Å². The van der Waals surface area contributed by atoms with Gasteiger partial charge < -0.3 is 14.5 Å². The molecule has 1 amide bonds. The van der Waals surface area contributed by atoms with Gasteiger partial charge in [-0.3, -0.25) is 4.79 Å². The van der Waals surface area contributed by atoms with Gasteiger partial charge >= 0.3 is 0 Å². The Balaban J connectivity index is 2.47. The topological polar surface area (TPSA) is 51.5 Å². The third-order valence-corrected chi connectivity index (χ3v) is 2.05. The van der Waals surface area contributed by atoms with Crippen LogP contribution in [0.1, 0.15) is 10.4 Å². The molecular weight excluding hydrogens is 206 g/mol. The Bertz CT molecular complexity index is 274. The van der Waals surface area contributed by atoms with E-state index in [1.165, 1.54) is 12.5 Å². The molecule has 0 radical (unpaired) electrons. The third kappa shape index (κ3) is 3.05. The zero-order valence-electron chi connectivity index (χ0n) is 7.83. The summed E-state index contributed by atoms with van der Waals surface area (Å²) in [6.45, 7) is 0.396. The molecule has 1 heterocycles. The van der Waals surface area contributed by atoms with E-state index in [0.717, 1.165) is 0 Å². The molecule has 0 aromatic carbocycles. The molecule has 0 saturated heterocycles. The van der Waals surface area contributed by atoms with E-state index < -0.39 is 0 Å². The van der Waals surface area contributed by atoms with Crippen molar-refractivity contribution in [1.82, 2.24) is 5.32 Å². The van der Waals surface area contributed by atoms with E-state index in [1.807, 2.05) is 0 Å². The molecule has 0 fully saturated rings. The Morgan fingerprint density at radius 1 is 1.79 bits per heavy atom. The van der Waals surface area contributed by atoms with Crippen LogP contribution in [0.3, 0.4) is 0 Å². The van der Waals surface area contributed by atoms with Crippen molar-refractivity contribution in [2.24, 2.45) is 0 Å². The van der Waals surface area contributed by atoms with Gasteiger partial charge in [0, 0.05) is 13.0 Å². The van der Waals surface area contributed by atoms with E-state index in [2.05, 4.69) is 5.32 Å². The van der Waals surface area contributed by atoms with Crippen molar-refractivity contribution < 1.29 is 13.9 Å². The smallest absolute Gasteiger partial charge is 0.254 e. The van der Waals surface area contributed by atoms with Gasteiger partial charge in [-0.15, -0.1) is 11.6 Å². The van der Waals surface area contributed by atoms with Gasteiger partial charge in [0.15, 0.2) is 0 Å². The Kier molecular flexibility index (Phi) is 4.49. The first-order valence-corrected chi connectivity index (χ1v) is 4.69. The van der Waals surface area contributed by atoms with Crippen LogP contribution in [-0.4, -0.2) is 31.5 Å². The molecule has 0 spiro atoms. The number of hydrogen-bond acceptors (Lipinski definition) is 3. The van der Waals surface area contributed by atoms with Gasteiger partial charge in [0.1, 0.15) is 6.26 Å². The maximum atomic E-state index is 11.5. The molecule has 4 nitrogen and oxygen atoms in total. The lowest BCUT2D eigenvalue weighted by Crippen LogP contribution is -2.39. The van der Waals surface area contributed by atoms with Gasteiger partial charge in [0.25, 0.3) is 5.91 Å². The number of hydrogen-bond donors (Lipinski definition) is 1. The lowest BCUT2D eigenvalue weighted by atomic mass is 10.3. The largest absolute Gasteiger partial charge is 0.472 e. The second-order valence-corrected chi connectivity index (χ2v) is 3.10. The molecule has 0 bridgehead atoms. The summed E-state index contributed by atoms with van der Waals surface area (Å²) in [5.74, 6) is 0.110. The highest BCUT2D eigenvalue weighted by Crippen LogP contribution is 2.00. The van der Waals surface area contributed by atoms with Gasteiger partial charge in [-0.05, 0) is 6.07 Å². The van der Waals surface area contributed by atoms with Crippen molar-refractivity contribution >= 4 is 17.5 Å². The van der Waals surface area contributed by atoms with Crippen molar-refractivity contribution in [3.05, 3.63) is 24.2 Å². The summed E-state index contributed by atoms with van der Waals surface area (Å²) < 4.78 is 9.68. The van der Waals surface area contributed by atoms with E-state index in [1.54, 1.807) is 13.2 Å². The average Bonchev–Trinajstić information content (AvgIpc) is 2.69. The number of methoxy groups -OCH3 is 1. The number of alkyl halides is 1. The molecule has 78 valence electrons. The molecule has 1 unspecified atom stereocenters. The number of amides is 1. The van der Waals surface area contributed by atoms with Crippen molar-refractivity contribution in [3.63, 3.8) is 0 Å². The highest BCUT2D eigenvalue weighted by molar-refractivity contribution is 6.18. The zero-order valence-corrected chi connectivity index (χ0v) is 8.58. The Morgan fingerprint density at radius 2 is 2.57 bits per heavy atom. The lowest BCUT2D eigenvalue weighted by Gasteiger charge is -2.13. The molecular formula is C9H12ClNO3. The fourth-order valence-corrected chi connectivity index (χ4v) is 1.15. The fourth-order valence-electron chi connectivity index (χ4n) is 0.988. The molecule has 0 aliphatic carbocycles. The maximum absolute atomic E-state index is 11.5. The number of furan rings is 1. The molecule has 1 aromatic rings. The third-order valence-electron chi connectivity index (χ3n) is 1.67. The van der Waals surface area contributed by atoms with E-state index in [4.69, 9.17) is 20.8 Å². The summed E-state index contributed by atoms with van der Waals surface area (Å²) in [5.41, 5.74) is 0.483. The summed E-state index contributed by atoms with van der Waals surface area (Å²) in [6.07, 6.45) is 2.83. The van der Waals surface area contributed by atoms with Gasteiger partial charge in [0.05, 0.1) is 24.5 Å². The number of carbonyl (C=O) groups is 1. The Labute approximate surface area is 87.2 Å². The van der Waals surface area contributed by atoms with Crippen LogP contribution in [0.5, 0.6) is 0 Å². The van der Waals surface area contributed by atoms with Gasteiger partial charge in [-0.25, -0.2) is 0 Å². The first-order chi connectivity index (χ1) is 6.77. The molecule has 1 atom stereocenters. The average molecular weight is 218 g/mol. The monoisotopic (exact) mass is 217 g/mol. The number of carbonyl (C=O) groups excluding carboxylic acids is 1. The zero-order chi connectivity index (χ0) is 10.4. The van der Waals surface area contributed by atoms with Crippen LogP contribution in [-0.2, 0) is 4.74 Å². The maximum Gasteiger partial charge on any atom is 0.254 e. The highest BCUT2D eigenvalue weighted by atomic mass is 35.5. The predicted molar refractivity (Wildman–Crippen MR) is 52.6 cm³/mol. The molecule has 14 heavy (non-hydrogen) atoms. The van der Waals surface area contributed by atoms with E-state index in [-0.39, 0.29) is 11.9 Å². The Hall–Kier alpha value is -1.00. The van der Waals surface area contributed by atoms with Gasteiger partial charge in [0.2, 0.25) is 0 Å². The molecule has 0 aliphatic heterocycles. The van der Waals surface area contributed by atoms with E-state index in [0.29, 0.717) is 18.1 Å². The second-order valence-electron chi connectivity index (χ2n) is 2.79. The van der Waals surface area contributed by atoms with E-state index in [9.17, 15) is 4.79 Å². The van der Waals surface area contributed by atoms with Gasteiger partial charge in [-0.1, -0.05) is 0 Å². The van der Waals surface area contributed by atoms with Crippen LogP contribution >= 0.6 is 11.6 Å². The summed E-state index contributed by atoms with van der Waals surface area (Å²) >= 11 is 5.63. The van der Waals surface area contributed by atoms with Crippen molar-refractivity contribution in [2.45, 2.75) is 6.04 Å². The number of ether oxygens (including phenoxy) is 1. The lowest BCUT2D eigenvalue weighted by molar-refractivity contribution is 0.0906. The first-order valence-electron chi connectivity index (χ1n) is 4.16. The first kappa shape index (κ1) is 11.1. The molecule has 1 rings (SSSR count). The standard InChI is InChI=1S/C9H12ClNO3/c1-13-6-8(4-10)11-9(12)7-2-3-14-5-7/h2-3,5,8H,4,6H2,1H3,(H,11,12). The quantitative estimate of drug-likeness (QED) is 0.756. The predicted octanol–water partition coefficient (Wildman–Crippen LogP) is 1.26. The van der Waals surface area contributed by atoms with Crippen molar-refractivity contribution in [2.75, 3.05) is 19.6 Å². The van der Waals surface area contributed by atoms with Gasteiger partial charge in [-0.2, -0.15) is 0 Å². The molecule has 1 N–H and O–H groups in total. The van der Waals surface area contributed by atoms with Crippen LogP contribution in [0.25, 0.3) is 0 Å². The van der Waals surface area contributed by atoms with Crippen LogP contribution in [0.2, 0.25) is 0 Å². The normalized spacial score (nSPS) is 12.4. The SMILES string of the molecule is COCC(CCl)NC(=O)c1ccoc1. The summed E-state index contributed by atoms with van der Waals surface area (Å²) in [4.78, 5) is 11.5. The van der Waals surface area contributed by atoms with Crippen molar-refractivity contribution in [3.8, 4) is 0 Å². The van der Waals surface area contributed by atoms with Crippen LogP contribution in [0.4, 0.5) is 0 Å². The molecule has 1 aromatic heterocycles. The Morgan fingerprint density at radius 3 is 3.07 bits per heavy atom. The molecule has 5 heteroatoms. The van der Waals surface area contributed by atoms with E-state index >= 15 is 0 Å². The number of nitrogens with one attached hydrogen (secondary N) is 1. The summed E-state index contributed by atoms with van der Waals surface area (Å²) in [6, 6.07) is 1.41. The molecule has 0 aliphatic rings. The minimum atomic E-state index is -0.207. The van der Waals surface area contributed by atoms with Crippen molar-refractivity contribution in [1.29, 1.82) is 0 Å². The van der Waals surface area contributed by atoms with Crippen LogP contribution in [0, 0.1) is 0 Å². The minimum absolute atomic E-state index is 0.177. The number of halogens is 1. The fraction of sp³-hybridized carbons (Fsp3) is 0.444. The molecule has 0 saturated carbocycles. The number of rotatable bonds is 5. The minimum Gasteiger partial charge on any atom is -0.472 e.